The molecule has 6 rings (SSSR count). The second-order valence-electron chi connectivity index (χ2n) is 8.06. The van der Waals surface area contributed by atoms with Crippen molar-refractivity contribution in [2.75, 3.05) is 0 Å². The molecule has 140 valence electrons. The number of rotatable bonds is 3. The summed E-state index contributed by atoms with van der Waals surface area (Å²) in [6.07, 6.45) is 7.14. The summed E-state index contributed by atoms with van der Waals surface area (Å²) >= 11 is 0. The highest BCUT2D eigenvalue weighted by atomic mass is 15.4. The van der Waals surface area contributed by atoms with Gasteiger partial charge in [-0.05, 0) is 55.4 Å². The van der Waals surface area contributed by atoms with Crippen LogP contribution in [-0.4, -0.2) is 37.3 Å². The van der Waals surface area contributed by atoms with Gasteiger partial charge >= 0.3 is 0 Å². The Balaban J connectivity index is 1.27. The molecular formula is C22H22N6. The molecule has 2 saturated heterocycles. The van der Waals surface area contributed by atoms with Crippen LogP contribution in [0, 0.1) is 0 Å². The van der Waals surface area contributed by atoms with Gasteiger partial charge in [0.15, 0.2) is 0 Å². The molecule has 2 aliphatic rings. The number of nitrogens with one attached hydrogen (secondary N) is 2. The highest BCUT2D eigenvalue weighted by Gasteiger charge is 2.33. The van der Waals surface area contributed by atoms with E-state index >= 15 is 0 Å². The van der Waals surface area contributed by atoms with Gasteiger partial charge in [0.2, 0.25) is 0 Å². The summed E-state index contributed by atoms with van der Waals surface area (Å²) in [7, 11) is 0. The lowest BCUT2D eigenvalue weighted by atomic mass is 9.86. The maximum absolute atomic E-state index is 4.42. The van der Waals surface area contributed by atoms with Gasteiger partial charge in [-0.1, -0.05) is 35.5 Å². The number of piperidine rings is 1. The van der Waals surface area contributed by atoms with Crippen LogP contribution in [0.15, 0.2) is 54.7 Å². The van der Waals surface area contributed by atoms with Crippen LogP contribution in [0.3, 0.4) is 0 Å². The van der Waals surface area contributed by atoms with E-state index in [-0.39, 0.29) is 0 Å². The zero-order valence-electron chi connectivity index (χ0n) is 15.5. The third-order valence-electron chi connectivity index (χ3n) is 6.31. The van der Waals surface area contributed by atoms with E-state index in [1.54, 1.807) is 0 Å². The predicted molar refractivity (Wildman–Crippen MR) is 108 cm³/mol. The van der Waals surface area contributed by atoms with E-state index in [9.17, 15) is 0 Å². The molecule has 2 aromatic carbocycles. The summed E-state index contributed by atoms with van der Waals surface area (Å²) < 4.78 is 1.83. The van der Waals surface area contributed by atoms with Gasteiger partial charge in [-0.25, -0.2) is 4.68 Å². The molecule has 0 saturated carbocycles. The first-order chi connectivity index (χ1) is 13.8. The second-order valence-corrected chi connectivity index (χ2v) is 8.06. The monoisotopic (exact) mass is 370 g/mol. The van der Waals surface area contributed by atoms with Crippen LogP contribution in [0.25, 0.3) is 28.0 Å². The van der Waals surface area contributed by atoms with Crippen molar-refractivity contribution >= 4 is 10.9 Å². The Labute approximate surface area is 163 Å². The molecule has 0 aliphatic carbocycles. The number of aromatic amines is 1. The topological polar surface area (TPSA) is 71.4 Å². The highest BCUT2D eigenvalue weighted by molar-refractivity contribution is 5.91. The number of aromatic nitrogens is 5. The summed E-state index contributed by atoms with van der Waals surface area (Å²) in [5, 5.41) is 20.9. The Kier molecular flexibility index (Phi) is 3.59. The summed E-state index contributed by atoms with van der Waals surface area (Å²) in [5.41, 5.74) is 5.09. The van der Waals surface area contributed by atoms with E-state index in [1.807, 2.05) is 35.1 Å². The summed E-state index contributed by atoms with van der Waals surface area (Å²) in [4.78, 5) is 0. The van der Waals surface area contributed by atoms with Crippen molar-refractivity contribution < 1.29 is 0 Å². The summed E-state index contributed by atoms with van der Waals surface area (Å²) in [6.45, 7) is 0. The van der Waals surface area contributed by atoms with Crippen molar-refractivity contribution in [3.05, 3.63) is 60.3 Å². The normalized spacial score (nSPS) is 24.1. The van der Waals surface area contributed by atoms with Crippen LogP contribution >= 0.6 is 0 Å². The zero-order valence-corrected chi connectivity index (χ0v) is 15.5. The lowest BCUT2D eigenvalue weighted by Crippen LogP contribution is -2.37. The standard InChI is InChI=1S/C22H22N6/c1-2-4-20-19(3-1)22(26-24-20)21-13-28(27-25-21)18-9-5-14(6-10-18)15-11-16-7-8-17(12-15)23-16/h1-6,9-10,13,15-17,23H,7-8,11-12H2,(H,24,26). The molecule has 2 bridgehead atoms. The number of hydrogen-bond acceptors (Lipinski definition) is 4. The maximum atomic E-state index is 4.42. The van der Waals surface area contributed by atoms with E-state index in [0.29, 0.717) is 18.0 Å². The molecule has 2 aromatic heterocycles. The van der Waals surface area contributed by atoms with Crippen molar-refractivity contribution in [2.45, 2.75) is 43.7 Å². The number of nitrogens with zero attached hydrogens (tertiary/aromatic N) is 4. The molecule has 0 amide bonds. The Hall–Kier alpha value is -2.99. The SMILES string of the molecule is c1ccc2c(-c3cn(-c4ccc(C5CC6CCC(C5)N6)cc4)nn3)n[nH]c2c1. The molecule has 2 unspecified atom stereocenters. The third kappa shape index (κ3) is 2.64. The summed E-state index contributed by atoms with van der Waals surface area (Å²) in [6, 6.07) is 18.3. The minimum absolute atomic E-state index is 0.675. The van der Waals surface area contributed by atoms with Crippen LogP contribution in [0.5, 0.6) is 0 Å². The molecular weight excluding hydrogens is 348 g/mol. The molecule has 0 spiro atoms. The van der Waals surface area contributed by atoms with Gasteiger partial charge in [0.1, 0.15) is 11.4 Å². The van der Waals surface area contributed by atoms with Gasteiger partial charge in [-0.15, -0.1) is 5.10 Å². The van der Waals surface area contributed by atoms with Gasteiger partial charge in [0, 0.05) is 17.5 Å². The maximum Gasteiger partial charge on any atom is 0.134 e. The first-order valence-corrected chi connectivity index (χ1v) is 10.1. The molecule has 2 atom stereocenters. The minimum atomic E-state index is 0.675. The molecule has 2 N–H and O–H groups in total. The first-order valence-electron chi connectivity index (χ1n) is 10.1. The molecule has 28 heavy (non-hydrogen) atoms. The lowest BCUT2D eigenvalue weighted by Gasteiger charge is -2.29. The van der Waals surface area contributed by atoms with E-state index in [2.05, 4.69) is 50.1 Å². The van der Waals surface area contributed by atoms with E-state index < -0.39 is 0 Å². The number of H-pyrrole nitrogens is 1. The van der Waals surface area contributed by atoms with Crippen LogP contribution in [0.2, 0.25) is 0 Å². The van der Waals surface area contributed by atoms with Crippen LogP contribution in [0.4, 0.5) is 0 Å². The van der Waals surface area contributed by atoms with Gasteiger partial charge in [0.25, 0.3) is 0 Å². The second kappa shape index (κ2) is 6.27. The van der Waals surface area contributed by atoms with E-state index in [1.165, 1.54) is 31.2 Å². The molecule has 2 fully saturated rings. The third-order valence-corrected chi connectivity index (χ3v) is 6.31. The van der Waals surface area contributed by atoms with Crippen molar-refractivity contribution in [3.8, 4) is 17.1 Å². The summed E-state index contributed by atoms with van der Waals surface area (Å²) in [5.74, 6) is 0.675. The molecule has 6 nitrogen and oxygen atoms in total. The van der Waals surface area contributed by atoms with Gasteiger partial charge in [-0.2, -0.15) is 5.10 Å². The smallest absolute Gasteiger partial charge is 0.134 e. The first kappa shape index (κ1) is 16.0. The van der Waals surface area contributed by atoms with Crippen LogP contribution in [-0.2, 0) is 0 Å². The molecule has 2 aliphatic heterocycles. The fraction of sp³-hybridized carbons (Fsp3) is 0.318. The van der Waals surface area contributed by atoms with Crippen molar-refractivity contribution in [1.82, 2.24) is 30.5 Å². The Morgan fingerprint density at radius 1 is 0.929 bits per heavy atom. The van der Waals surface area contributed by atoms with Crippen LogP contribution in [0.1, 0.15) is 37.2 Å². The lowest BCUT2D eigenvalue weighted by molar-refractivity contribution is 0.363. The molecule has 6 heteroatoms. The van der Waals surface area contributed by atoms with Crippen molar-refractivity contribution in [3.63, 3.8) is 0 Å². The Bertz CT molecular complexity index is 1110. The highest BCUT2D eigenvalue weighted by Crippen LogP contribution is 2.37. The van der Waals surface area contributed by atoms with Crippen molar-refractivity contribution in [2.24, 2.45) is 0 Å². The fourth-order valence-electron chi connectivity index (χ4n) is 4.89. The van der Waals surface area contributed by atoms with Crippen LogP contribution < -0.4 is 5.32 Å². The van der Waals surface area contributed by atoms with Gasteiger partial charge in [0.05, 0.1) is 17.4 Å². The number of hydrogen-bond donors (Lipinski definition) is 2. The average molecular weight is 370 g/mol. The number of para-hydroxylation sites is 1. The largest absolute Gasteiger partial charge is 0.311 e. The Morgan fingerprint density at radius 3 is 2.54 bits per heavy atom. The average Bonchev–Trinajstić information content (AvgIpc) is 3.46. The molecule has 4 heterocycles. The molecule has 0 radical (unpaired) electrons. The number of fused-ring (bicyclic) bond motifs is 3. The predicted octanol–water partition coefficient (Wildman–Crippen LogP) is 3.81. The number of benzene rings is 2. The zero-order chi connectivity index (χ0) is 18.5. The molecule has 4 aromatic rings. The van der Waals surface area contributed by atoms with E-state index in [4.69, 9.17) is 0 Å². The van der Waals surface area contributed by atoms with Gasteiger partial charge in [-0.3, -0.25) is 5.10 Å². The van der Waals surface area contributed by atoms with Crippen molar-refractivity contribution in [1.29, 1.82) is 0 Å². The van der Waals surface area contributed by atoms with Gasteiger partial charge < -0.3 is 5.32 Å². The fourth-order valence-corrected chi connectivity index (χ4v) is 4.89. The quantitative estimate of drug-likeness (QED) is 0.575. The minimum Gasteiger partial charge on any atom is -0.311 e. The van der Waals surface area contributed by atoms with E-state index in [0.717, 1.165) is 28.0 Å². The Morgan fingerprint density at radius 2 is 1.71 bits per heavy atom.